The Hall–Kier alpha value is -2.37. The Bertz CT molecular complexity index is 542. The molecule has 6 nitrogen and oxygen atoms in total. The molecule has 1 amide bonds. The van der Waals surface area contributed by atoms with Crippen LogP contribution >= 0.6 is 0 Å². The molecule has 0 N–H and O–H groups in total. The molecule has 0 unspecified atom stereocenters. The second-order valence-electron chi connectivity index (χ2n) is 4.69. The zero-order valence-corrected chi connectivity index (χ0v) is 11.9. The van der Waals surface area contributed by atoms with Gasteiger partial charge in [-0.25, -0.2) is 9.59 Å². The maximum absolute atomic E-state index is 12.0. The molecule has 112 valence electrons. The van der Waals surface area contributed by atoms with Crippen LogP contribution in [0.5, 0.6) is 0 Å². The van der Waals surface area contributed by atoms with Gasteiger partial charge in [-0.05, 0) is 19.4 Å². The van der Waals surface area contributed by atoms with Crippen LogP contribution in [0.15, 0.2) is 30.3 Å². The summed E-state index contributed by atoms with van der Waals surface area (Å²) in [6, 6.07) is 8.95. The first-order chi connectivity index (χ1) is 10.0. The minimum atomic E-state index is -1.07. The van der Waals surface area contributed by atoms with E-state index in [0.717, 1.165) is 5.56 Å². The molecule has 0 aromatic heterocycles. The van der Waals surface area contributed by atoms with Gasteiger partial charge in [-0.3, -0.25) is 4.79 Å². The summed E-state index contributed by atoms with van der Waals surface area (Å²) < 4.78 is 9.67. The zero-order valence-electron chi connectivity index (χ0n) is 11.9. The Balaban J connectivity index is 2.18. The van der Waals surface area contributed by atoms with E-state index in [1.807, 2.05) is 30.3 Å². The van der Waals surface area contributed by atoms with Crippen molar-refractivity contribution in [3.63, 3.8) is 0 Å². The highest BCUT2D eigenvalue weighted by Crippen LogP contribution is 2.23. The van der Waals surface area contributed by atoms with Crippen LogP contribution in [0, 0.1) is 0 Å². The van der Waals surface area contributed by atoms with Gasteiger partial charge in [0.15, 0.2) is 0 Å². The predicted octanol–water partition coefficient (Wildman–Crippen LogP) is 1.06. The SMILES string of the molecule is CCOC(=O)[C@H]1CN([C@H](C)c2ccccc2)C(=O)C(=O)O1. The first kappa shape index (κ1) is 15.0. The van der Waals surface area contributed by atoms with E-state index in [1.165, 1.54) is 4.90 Å². The lowest BCUT2D eigenvalue weighted by Crippen LogP contribution is -2.53. The number of cyclic esters (lactones) is 1. The molecule has 0 aliphatic carbocycles. The average molecular weight is 291 g/mol. The van der Waals surface area contributed by atoms with Gasteiger partial charge >= 0.3 is 17.8 Å². The van der Waals surface area contributed by atoms with E-state index >= 15 is 0 Å². The van der Waals surface area contributed by atoms with E-state index in [4.69, 9.17) is 9.47 Å². The molecule has 0 spiro atoms. The number of rotatable bonds is 4. The third-order valence-electron chi connectivity index (χ3n) is 3.35. The molecule has 1 aromatic rings. The molecule has 21 heavy (non-hydrogen) atoms. The molecule has 1 saturated heterocycles. The van der Waals surface area contributed by atoms with E-state index < -0.39 is 23.9 Å². The molecule has 0 saturated carbocycles. The van der Waals surface area contributed by atoms with Gasteiger partial charge < -0.3 is 14.4 Å². The lowest BCUT2D eigenvalue weighted by Gasteiger charge is -2.34. The molecule has 2 atom stereocenters. The highest BCUT2D eigenvalue weighted by atomic mass is 16.6. The quantitative estimate of drug-likeness (QED) is 0.613. The van der Waals surface area contributed by atoms with E-state index in [2.05, 4.69) is 0 Å². The van der Waals surface area contributed by atoms with E-state index in [9.17, 15) is 14.4 Å². The summed E-state index contributed by atoms with van der Waals surface area (Å²) in [5.74, 6) is -2.41. The highest BCUT2D eigenvalue weighted by molar-refractivity contribution is 6.33. The summed E-state index contributed by atoms with van der Waals surface area (Å²) in [5, 5.41) is 0. The van der Waals surface area contributed by atoms with Gasteiger partial charge in [-0.15, -0.1) is 0 Å². The second-order valence-corrected chi connectivity index (χ2v) is 4.69. The molecule has 1 aliphatic rings. The van der Waals surface area contributed by atoms with Crippen molar-refractivity contribution in [3.8, 4) is 0 Å². The number of benzene rings is 1. The molecule has 0 radical (unpaired) electrons. The van der Waals surface area contributed by atoms with Gasteiger partial charge in [0, 0.05) is 0 Å². The minimum Gasteiger partial charge on any atom is -0.463 e. The van der Waals surface area contributed by atoms with Crippen molar-refractivity contribution in [1.82, 2.24) is 4.90 Å². The van der Waals surface area contributed by atoms with Crippen molar-refractivity contribution in [2.45, 2.75) is 26.0 Å². The maximum Gasteiger partial charge on any atom is 0.397 e. The molecule has 0 bridgehead atoms. The lowest BCUT2D eigenvalue weighted by atomic mass is 10.1. The van der Waals surface area contributed by atoms with Gasteiger partial charge in [-0.1, -0.05) is 30.3 Å². The Morgan fingerprint density at radius 2 is 2.05 bits per heavy atom. The van der Waals surface area contributed by atoms with Gasteiger partial charge in [0.1, 0.15) is 0 Å². The van der Waals surface area contributed by atoms with Gasteiger partial charge in [0.25, 0.3) is 0 Å². The molecule has 2 rings (SSSR count). The fourth-order valence-electron chi connectivity index (χ4n) is 2.20. The van der Waals surface area contributed by atoms with E-state index in [-0.39, 0.29) is 19.2 Å². The van der Waals surface area contributed by atoms with Gasteiger partial charge in [-0.2, -0.15) is 0 Å². The number of hydrogen-bond acceptors (Lipinski definition) is 5. The normalized spacial score (nSPS) is 19.9. The molecule has 1 fully saturated rings. The third-order valence-corrected chi connectivity index (χ3v) is 3.35. The van der Waals surface area contributed by atoms with Crippen LogP contribution in [0.1, 0.15) is 25.5 Å². The summed E-state index contributed by atoms with van der Waals surface area (Å²) in [4.78, 5) is 36.7. The fourth-order valence-corrected chi connectivity index (χ4v) is 2.20. The lowest BCUT2D eigenvalue weighted by molar-refractivity contribution is -0.183. The first-order valence-electron chi connectivity index (χ1n) is 6.77. The number of esters is 2. The largest absolute Gasteiger partial charge is 0.463 e. The van der Waals surface area contributed by atoms with Crippen LogP contribution in [0.25, 0.3) is 0 Å². The molecular weight excluding hydrogens is 274 g/mol. The van der Waals surface area contributed by atoms with Crippen LogP contribution in [0.4, 0.5) is 0 Å². The second kappa shape index (κ2) is 6.39. The van der Waals surface area contributed by atoms with Gasteiger partial charge in [0.05, 0.1) is 19.2 Å². The number of carbonyl (C=O) groups excluding carboxylic acids is 3. The van der Waals surface area contributed by atoms with Crippen LogP contribution in [0.3, 0.4) is 0 Å². The summed E-state index contributed by atoms with van der Waals surface area (Å²) in [6.45, 7) is 3.65. The van der Waals surface area contributed by atoms with Crippen molar-refractivity contribution in [1.29, 1.82) is 0 Å². The van der Waals surface area contributed by atoms with Crippen molar-refractivity contribution >= 4 is 17.8 Å². The number of ether oxygens (including phenoxy) is 2. The number of hydrogen-bond donors (Lipinski definition) is 0. The molecule has 1 heterocycles. The minimum absolute atomic E-state index is 0.000528. The predicted molar refractivity (Wildman–Crippen MR) is 73.1 cm³/mol. The Morgan fingerprint density at radius 3 is 2.67 bits per heavy atom. The first-order valence-corrected chi connectivity index (χ1v) is 6.77. The van der Waals surface area contributed by atoms with Crippen molar-refractivity contribution in [2.24, 2.45) is 0 Å². The number of nitrogens with zero attached hydrogens (tertiary/aromatic N) is 1. The van der Waals surface area contributed by atoms with Gasteiger partial charge in [0.2, 0.25) is 6.10 Å². The molecule has 6 heteroatoms. The van der Waals surface area contributed by atoms with Crippen LogP contribution in [-0.2, 0) is 23.9 Å². The van der Waals surface area contributed by atoms with Crippen LogP contribution in [0.2, 0.25) is 0 Å². The zero-order chi connectivity index (χ0) is 15.4. The van der Waals surface area contributed by atoms with Crippen LogP contribution in [-0.4, -0.2) is 42.0 Å². The number of morpholine rings is 1. The topological polar surface area (TPSA) is 72.9 Å². The average Bonchev–Trinajstić information content (AvgIpc) is 2.50. The third kappa shape index (κ3) is 3.21. The van der Waals surface area contributed by atoms with E-state index in [1.54, 1.807) is 13.8 Å². The van der Waals surface area contributed by atoms with Crippen molar-refractivity contribution in [3.05, 3.63) is 35.9 Å². The number of carbonyl (C=O) groups is 3. The Kier molecular flexibility index (Phi) is 4.57. The molecule has 1 aliphatic heterocycles. The highest BCUT2D eigenvalue weighted by Gasteiger charge is 2.41. The summed E-state index contributed by atoms with van der Waals surface area (Å²) in [5.41, 5.74) is 0.878. The number of amides is 1. The molecular formula is C15H17NO5. The summed E-state index contributed by atoms with van der Waals surface area (Å²) in [7, 11) is 0. The van der Waals surface area contributed by atoms with Crippen molar-refractivity contribution < 1.29 is 23.9 Å². The van der Waals surface area contributed by atoms with Crippen LogP contribution < -0.4 is 0 Å². The Labute approximate surface area is 122 Å². The smallest absolute Gasteiger partial charge is 0.397 e. The summed E-state index contributed by atoms with van der Waals surface area (Å²) >= 11 is 0. The Morgan fingerprint density at radius 1 is 1.38 bits per heavy atom. The maximum atomic E-state index is 12.0. The fraction of sp³-hybridized carbons (Fsp3) is 0.400. The monoisotopic (exact) mass is 291 g/mol. The van der Waals surface area contributed by atoms with Crippen molar-refractivity contribution in [2.75, 3.05) is 13.2 Å². The standard InChI is InChI=1S/C15H17NO5/c1-3-20-14(18)12-9-16(13(17)15(19)21-12)10(2)11-7-5-4-6-8-11/h4-8,10,12H,3,9H2,1-2H3/t10-,12-/m1/s1. The van der Waals surface area contributed by atoms with E-state index in [0.29, 0.717) is 0 Å². The molecule has 1 aromatic carbocycles. The summed E-state index contributed by atoms with van der Waals surface area (Å²) in [6.07, 6.45) is -1.07.